The van der Waals surface area contributed by atoms with E-state index < -0.39 is 12.1 Å². The molecule has 0 aliphatic carbocycles. The lowest BCUT2D eigenvalue weighted by Crippen LogP contribution is -2.44. The van der Waals surface area contributed by atoms with Crippen molar-refractivity contribution in [3.8, 4) is 0 Å². The van der Waals surface area contributed by atoms with Crippen LogP contribution in [0.3, 0.4) is 0 Å². The number of hydrogen-bond donors (Lipinski definition) is 1. The number of halogens is 3. The second kappa shape index (κ2) is 10.1. The minimum Gasteiger partial charge on any atom is -0.475 e. The average Bonchev–Trinajstić information content (AvgIpc) is 3.16. The first-order valence-corrected chi connectivity index (χ1v) is 9.87. The molecule has 31 heavy (non-hydrogen) atoms. The van der Waals surface area contributed by atoms with Gasteiger partial charge in [-0.25, -0.2) is 14.8 Å². The van der Waals surface area contributed by atoms with E-state index >= 15 is 0 Å². The van der Waals surface area contributed by atoms with Gasteiger partial charge in [0, 0.05) is 19.5 Å². The van der Waals surface area contributed by atoms with Crippen LogP contribution in [0.5, 0.6) is 0 Å². The molecule has 2 aliphatic heterocycles. The summed E-state index contributed by atoms with van der Waals surface area (Å²) in [6.45, 7) is 3.34. The molecule has 2 aromatic rings. The maximum absolute atomic E-state index is 10.6. The molecule has 0 amide bonds. The molecule has 0 bridgehead atoms. The maximum Gasteiger partial charge on any atom is 0.490 e. The number of hydrogen-bond acceptors (Lipinski definition) is 6. The second-order valence-corrected chi connectivity index (χ2v) is 7.50. The van der Waals surface area contributed by atoms with Crippen molar-refractivity contribution in [1.82, 2.24) is 9.97 Å². The number of carboxylic acids is 1. The Bertz CT molecular complexity index is 829. The standard InChI is InChI=1S/C19H23N3O2.C2HF3O2/c1-2-4-16(5-3-1)13-23-18-10-19(24-14-18)6-8-22(9-7-19)17-11-20-15-21-12-17;3-2(4,5)1(6)7/h1-5,11-12,15,18H,6-10,13-14H2;(H,6,7). The largest absolute Gasteiger partial charge is 0.490 e. The summed E-state index contributed by atoms with van der Waals surface area (Å²) < 4.78 is 44.0. The second-order valence-electron chi connectivity index (χ2n) is 7.50. The van der Waals surface area contributed by atoms with E-state index in [1.807, 2.05) is 30.6 Å². The van der Waals surface area contributed by atoms with Crippen LogP contribution >= 0.6 is 0 Å². The summed E-state index contributed by atoms with van der Waals surface area (Å²) in [6.07, 6.45) is 3.53. The van der Waals surface area contributed by atoms with Gasteiger partial charge in [-0.1, -0.05) is 30.3 Å². The number of carboxylic acid groups (broad SMARTS) is 1. The molecule has 1 aromatic carbocycles. The molecule has 2 saturated heterocycles. The number of rotatable bonds is 4. The van der Waals surface area contributed by atoms with E-state index in [2.05, 4.69) is 27.0 Å². The predicted molar refractivity (Wildman–Crippen MR) is 105 cm³/mol. The van der Waals surface area contributed by atoms with Crippen LogP contribution in [0, 0.1) is 0 Å². The van der Waals surface area contributed by atoms with Gasteiger partial charge in [0.1, 0.15) is 6.33 Å². The Balaban J connectivity index is 0.000000339. The third-order valence-electron chi connectivity index (χ3n) is 5.33. The fraction of sp³-hybridized carbons (Fsp3) is 0.476. The highest BCUT2D eigenvalue weighted by atomic mass is 19.4. The number of piperidine rings is 1. The van der Waals surface area contributed by atoms with Gasteiger partial charge in [-0.05, 0) is 18.4 Å². The van der Waals surface area contributed by atoms with Gasteiger partial charge in [-0.2, -0.15) is 13.2 Å². The summed E-state index contributed by atoms with van der Waals surface area (Å²) in [5.74, 6) is -2.76. The Kier molecular flexibility index (Phi) is 7.45. The van der Waals surface area contributed by atoms with Crippen molar-refractivity contribution in [2.45, 2.75) is 43.8 Å². The average molecular weight is 439 g/mol. The SMILES string of the molecule is O=C(O)C(F)(F)F.c1ccc(COC2COC3(CCN(c4cncnc4)CC3)C2)cc1. The summed E-state index contributed by atoms with van der Waals surface area (Å²) in [4.78, 5) is 19.5. The van der Waals surface area contributed by atoms with Gasteiger partial charge in [-0.3, -0.25) is 0 Å². The molecule has 2 aliphatic rings. The number of anilines is 1. The fourth-order valence-corrected chi connectivity index (χ4v) is 3.67. The van der Waals surface area contributed by atoms with E-state index in [-0.39, 0.29) is 11.7 Å². The molecule has 1 unspecified atom stereocenters. The van der Waals surface area contributed by atoms with E-state index in [1.165, 1.54) is 5.56 Å². The van der Waals surface area contributed by atoms with Crippen molar-refractivity contribution in [3.63, 3.8) is 0 Å². The number of alkyl halides is 3. The summed E-state index contributed by atoms with van der Waals surface area (Å²) in [5, 5.41) is 7.12. The van der Waals surface area contributed by atoms with Crippen LogP contribution in [-0.2, 0) is 20.9 Å². The Hall–Kier alpha value is -2.72. The van der Waals surface area contributed by atoms with Crippen LogP contribution in [0.2, 0.25) is 0 Å². The maximum atomic E-state index is 10.6. The van der Waals surface area contributed by atoms with Crippen LogP contribution in [0.1, 0.15) is 24.8 Å². The van der Waals surface area contributed by atoms with Crippen molar-refractivity contribution in [3.05, 3.63) is 54.6 Å². The van der Waals surface area contributed by atoms with Gasteiger partial charge in [0.05, 0.1) is 43.0 Å². The van der Waals surface area contributed by atoms with Crippen LogP contribution in [0.25, 0.3) is 0 Å². The van der Waals surface area contributed by atoms with Gasteiger partial charge in [0.25, 0.3) is 0 Å². The number of aliphatic carboxylic acids is 1. The van der Waals surface area contributed by atoms with E-state index in [9.17, 15) is 13.2 Å². The van der Waals surface area contributed by atoms with E-state index in [0.29, 0.717) is 13.2 Å². The van der Waals surface area contributed by atoms with Crippen molar-refractivity contribution in [1.29, 1.82) is 0 Å². The number of ether oxygens (including phenoxy) is 2. The summed E-state index contributed by atoms with van der Waals surface area (Å²) in [7, 11) is 0. The summed E-state index contributed by atoms with van der Waals surface area (Å²) in [6, 6.07) is 10.3. The quantitative estimate of drug-likeness (QED) is 0.781. The molecule has 7 nitrogen and oxygen atoms in total. The van der Waals surface area contributed by atoms with Gasteiger partial charge in [-0.15, -0.1) is 0 Å². The molecular weight excluding hydrogens is 415 g/mol. The first-order chi connectivity index (χ1) is 14.8. The van der Waals surface area contributed by atoms with Crippen LogP contribution < -0.4 is 4.90 Å². The van der Waals surface area contributed by atoms with E-state index in [1.54, 1.807) is 6.33 Å². The minimum atomic E-state index is -5.08. The number of nitrogens with zero attached hydrogens (tertiary/aromatic N) is 3. The Morgan fingerprint density at radius 3 is 2.39 bits per heavy atom. The highest BCUT2D eigenvalue weighted by molar-refractivity contribution is 5.73. The number of aromatic nitrogens is 2. The molecule has 0 radical (unpaired) electrons. The zero-order chi connectivity index (χ0) is 22.3. The molecule has 1 atom stereocenters. The molecule has 168 valence electrons. The normalized spacial score (nSPS) is 20.2. The van der Waals surface area contributed by atoms with Crippen LogP contribution in [0.15, 0.2) is 49.1 Å². The number of carbonyl (C=O) groups is 1. The van der Waals surface area contributed by atoms with Crippen molar-refractivity contribution >= 4 is 11.7 Å². The zero-order valence-corrected chi connectivity index (χ0v) is 16.8. The van der Waals surface area contributed by atoms with Crippen molar-refractivity contribution < 1.29 is 32.5 Å². The van der Waals surface area contributed by atoms with E-state index in [0.717, 1.165) is 38.0 Å². The van der Waals surface area contributed by atoms with Gasteiger partial charge < -0.3 is 19.5 Å². The number of benzene rings is 1. The highest BCUT2D eigenvalue weighted by Gasteiger charge is 2.43. The highest BCUT2D eigenvalue weighted by Crippen LogP contribution is 2.38. The van der Waals surface area contributed by atoms with Gasteiger partial charge in [0.15, 0.2) is 0 Å². The van der Waals surface area contributed by atoms with Gasteiger partial charge in [0.2, 0.25) is 0 Å². The summed E-state index contributed by atoms with van der Waals surface area (Å²) >= 11 is 0. The van der Waals surface area contributed by atoms with Crippen LogP contribution in [0.4, 0.5) is 18.9 Å². The minimum absolute atomic E-state index is 0.00646. The molecule has 0 saturated carbocycles. The third kappa shape index (κ3) is 6.63. The Morgan fingerprint density at radius 2 is 1.81 bits per heavy atom. The lowest BCUT2D eigenvalue weighted by atomic mass is 9.88. The van der Waals surface area contributed by atoms with E-state index in [4.69, 9.17) is 19.4 Å². The molecule has 3 heterocycles. The van der Waals surface area contributed by atoms with Gasteiger partial charge >= 0.3 is 12.1 Å². The monoisotopic (exact) mass is 439 g/mol. The lowest BCUT2D eigenvalue weighted by Gasteiger charge is -2.39. The summed E-state index contributed by atoms with van der Waals surface area (Å²) in [5.41, 5.74) is 2.31. The van der Waals surface area contributed by atoms with Crippen molar-refractivity contribution in [2.75, 3.05) is 24.6 Å². The molecule has 10 heteroatoms. The molecule has 1 N–H and O–H groups in total. The molecule has 2 fully saturated rings. The smallest absolute Gasteiger partial charge is 0.475 e. The third-order valence-corrected chi connectivity index (χ3v) is 5.33. The van der Waals surface area contributed by atoms with Crippen molar-refractivity contribution in [2.24, 2.45) is 0 Å². The molecule has 4 rings (SSSR count). The first-order valence-electron chi connectivity index (χ1n) is 9.87. The topological polar surface area (TPSA) is 84.8 Å². The Labute approximate surface area is 177 Å². The zero-order valence-electron chi connectivity index (χ0n) is 16.8. The Morgan fingerprint density at radius 1 is 1.19 bits per heavy atom. The first kappa shape index (κ1) is 23.0. The lowest BCUT2D eigenvalue weighted by molar-refractivity contribution is -0.192. The van der Waals surface area contributed by atoms with Crippen LogP contribution in [-0.4, -0.2) is 58.6 Å². The molecule has 1 spiro atoms. The molecule has 1 aromatic heterocycles. The fourth-order valence-electron chi connectivity index (χ4n) is 3.67. The predicted octanol–water partition coefficient (Wildman–Crippen LogP) is 3.45. The molecular formula is C21H24F3N3O4.